The van der Waals surface area contributed by atoms with Crippen LogP contribution in [0.3, 0.4) is 0 Å². The summed E-state index contributed by atoms with van der Waals surface area (Å²) >= 11 is 1.07. The van der Waals surface area contributed by atoms with Crippen LogP contribution in [0.25, 0.3) is 11.3 Å². The minimum atomic E-state index is -0.176. The fourth-order valence-corrected chi connectivity index (χ4v) is 3.70. The van der Waals surface area contributed by atoms with E-state index in [1.807, 2.05) is 36.4 Å². The molecule has 0 aliphatic heterocycles. The molecule has 0 atom stereocenters. The molecule has 0 aliphatic rings. The molecule has 1 heterocycles. The first-order valence-corrected chi connectivity index (χ1v) is 9.80. The monoisotopic (exact) mass is 429 g/mol. The topological polar surface area (TPSA) is 83.0 Å². The van der Waals surface area contributed by atoms with Crippen molar-refractivity contribution < 1.29 is 23.7 Å². The Morgan fingerprint density at radius 3 is 2.13 bits per heavy atom. The van der Waals surface area contributed by atoms with Crippen LogP contribution in [0.5, 0.6) is 23.0 Å². The van der Waals surface area contributed by atoms with Crippen molar-refractivity contribution in [1.29, 1.82) is 0 Å². The third-order valence-electron chi connectivity index (χ3n) is 4.54. The first kappa shape index (κ1) is 21.4. The summed E-state index contributed by atoms with van der Waals surface area (Å²) in [5, 5.41) is 4.15. The molecule has 0 aliphatic carbocycles. The molecule has 9 heteroatoms. The maximum Gasteiger partial charge on any atom is 0.267 e. The zero-order chi connectivity index (χ0) is 21.7. The average molecular weight is 429 g/mol. The first-order chi connectivity index (χ1) is 14.5. The lowest BCUT2D eigenvalue weighted by molar-refractivity contribution is 0.0790. The van der Waals surface area contributed by atoms with E-state index >= 15 is 0 Å². The highest BCUT2D eigenvalue weighted by atomic mass is 32.1. The number of nitrogens with zero attached hydrogens (tertiary/aromatic N) is 3. The summed E-state index contributed by atoms with van der Waals surface area (Å²) in [5.41, 5.74) is 2.18. The van der Waals surface area contributed by atoms with E-state index in [2.05, 4.69) is 9.59 Å². The number of carbonyl (C=O) groups is 1. The van der Waals surface area contributed by atoms with E-state index in [0.717, 1.165) is 28.4 Å². The fraction of sp³-hybridized carbons (Fsp3) is 0.286. The van der Waals surface area contributed by atoms with Gasteiger partial charge in [-0.2, -0.15) is 0 Å². The Hall–Kier alpha value is -3.33. The lowest BCUT2D eigenvalue weighted by Gasteiger charge is -2.19. The second-order valence-electron chi connectivity index (χ2n) is 6.37. The van der Waals surface area contributed by atoms with Gasteiger partial charge in [-0.25, -0.2) is 0 Å². The number of rotatable bonds is 8. The van der Waals surface area contributed by atoms with Crippen LogP contribution in [0.4, 0.5) is 0 Å². The van der Waals surface area contributed by atoms with Crippen molar-refractivity contribution in [2.24, 2.45) is 0 Å². The largest absolute Gasteiger partial charge is 0.497 e. The quantitative estimate of drug-likeness (QED) is 0.542. The van der Waals surface area contributed by atoms with E-state index in [-0.39, 0.29) is 5.91 Å². The molecule has 0 radical (unpaired) electrons. The molecule has 3 rings (SSSR count). The van der Waals surface area contributed by atoms with Gasteiger partial charge < -0.3 is 23.8 Å². The Kier molecular flexibility index (Phi) is 6.73. The second kappa shape index (κ2) is 9.45. The highest BCUT2D eigenvalue weighted by Crippen LogP contribution is 2.38. The van der Waals surface area contributed by atoms with Gasteiger partial charge in [-0.15, -0.1) is 5.10 Å². The molecule has 2 aromatic carbocycles. The Morgan fingerprint density at radius 1 is 0.967 bits per heavy atom. The van der Waals surface area contributed by atoms with Crippen LogP contribution >= 0.6 is 11.5 Å². The summed E-state index contributed by atoms with van der Waals surface area (Å²) in [6.07, 6.45) is 0. The van der Waals surface area contributed by atoms with Gasteiger partial charge in [-0.3, -0.25) is 4.79 Å². The van der Waals surface area contributed by atoms with Crippen LogP contribution in [-0.2, 0) is 6.54 Å². The first-order valence-electron chi connectivity index (χ1n) is 9.03. The summed E-state index contributed by atoms with van der Waals surface area (Å²) in [7, 11) is 7.99. The molecule has 0 unspecified atom stereocenters. The lowest BCUT2D eigenvalue weighted by Crippen LogP contribution is -2.26. The van der Waals surface area contributed by atoms with Crippen molar-refractivity contribution in [3.05, 3.63) is 46.8 Å². The van der Waals surface area contributed by atoms with Crippen LogP contribution in [0.1, 0.15) is 15.2 Å². The van der Waals surface area contributed by atoms with E-state index in [4.69, 9.17) is 18.9 Å². The Bertz CT molecular complexity index is 995. The molecule has 1 amide bonds. The molecule has 0 bridgehead atoms. The molecular weight excluding hydrogens is 406 g/mol. The average Bonchev–Trinajstić information content (AvgIpc) is 3.27. The molecule has 0 spiro atoms. The predicted octanol–water partition coefficient (Wildman–Crippen LogP) is 3.51. The minimum absolute atomic E-state index is 0.176. The van der Waals surface area contributed by atoms with Crippen LogP contribution < -0.4 is 18.9 Å². The van der Waals surface area contributed by atoms with Gasteiger partial charge in [-0.05, 0) is 53.5 Å². The minimum Gasteiger partial charge on any atom is -0.497 e. The second-order valence-corrected chi connectivity index (χ2v) is 7.13. The summed E-state index contributed by atoms with van der Waals surface area (Å²) in [4.78, 5) is 15.2. The number of hydrogen-bond acceptors (Lipinski definition) is 8. The van der Waals surface area contributed by atoms with Crippen molar-refractivity contribution in [1.82, 2.24) is 14.5 Å². The van der Waals surface area contributed by atoms with Crippen molar-refractivity contribution >= 4 is 17.4 Å². The maximum atomic E-state index is 13.1. The zero-order valence-corrected chi connectivity index (χ0v) is 18.3. The number of aromatic nitrogens is 2. The van der Waals surface area contributed by atoms with E-state index in [0.29, 0.717) is 34.4 Å². The normalized spacial score (nSPS) is 10.4. The Morgan fingerprint density at radius 2 is 1.60 bits per heavy atom. The van der Waals surface area contributed by atoms with E-state index < -0.39 is 0 Å². The van der Waals surface area contributed by atoms with E-state index in [1.165, 1.54) is 0 Å². The van der Waals surface area contributed by atoms with E-state index in [1.54, 1.807) is 40.4 Å². The molecule has 0 N–H and O–H groups in total. The van der Waals surface area contributed by atoms with Gasteiger partial charge in [0.25, 0.3) is 5.91 Å². The fourth-order valence-electron chi connectivity index (χ4n) is 3.01. The van der Waals surface area contributed by atoms with Crippen molar-refractivity contribution in [2.45, 2.75) is 6.54 Å². The van der Waals surface area contributed by atoms with Gasteiger partial charge in [0.1, 0.15) is 16.3 Å². The van der Waals surface area contributed by atoms with Crippen molar-refractivity contribution in [3.8, 4) is 34.3 Å². The third-order valence-corrected chi connectivity index (χ3v) is 5.25. The standard InChI is InChI=1S/C21H23N3O5S/c1-24(12-13-10-16(27-3)19(29-5)17(11-13)28-4)21(25)20-18(22-23-30-20)14-6-8-15(26-2)9-7-14/h6-11H,12H2,1-5H3. The third kappa shape index (κ3) is 4.30. The van der Waals surface area contributed by atoms with E-state index in [9.17, 15) is 4.79 Å². The molecule has 30 heavy (non-hydrogen) atoms. The Labute approximate surface area is 179 Å². The highest BCUT2D eigenvalue weighted by molar-refractivity contribution is 7.08. The molecule has 1 aromatic heterocycles. The molecule has 0 saturated heterocycles. The number of carbonyl (C=O) groups excluding carboxylic acids is 1. The predicted molar refractivity (Wildman–Crippen MR) is 114 cm³/mol. The summed E-state index contributed by atoms with van der Waals surface area (Å²) in [5.74, 6) is 2.13. The molecule has 8 nitrogen and oxygen atoms in total. The van der Waals surface area contributed by atoms with Gasteiger partial charge >= 0.3 is 0 Å². The van der Waals surface area contributed by atoms with Crippen molar-refractivity contribution in [2.75, 3.05) is 35.5 Å². The SMILES string of the molecule is COc1ccc(-c2nnsc2C(=O)N(C)Cc2cc(OC)c(OC)c(OC)c2)cc1. The molecule has 0 saturated carbocycles. The van der Waals surface area contributed by atoms with Crippen LogP contribution in [0.15, 0.2) is 36.4 Å². The number of hydrogen-bond donors (Lipinski definition) is 0. The Balaban J connectivity index is 1.84. The van der Waals surface area contributed by atoms with Gasteiger partial charge in [0.15, 0.2) is 11.5 Å². The lowest BCUT2D eigenvalue weighted by atomic mass is 10.1. The molecule has 158 valence electrons. The number of methoxy groups -OCH3 is 4. The van der Waals surface area contributed by atoms with Gasteiger partial charge in [0.05, 0.1) is 28.4 Å². The number of ether oxygens (including phenoxy) is 4. The number of amides is 1. The summed E-state index contributed by atoms with van der Waals surface area (Å²) in [6, 6.07) is 11.0. The van der Waals surface area contributed by atoms with Gasteiger partial charge in [0, 0.05) is 19.2 Å². The van der Waals surface area contributed by atoms with Gasteiger partial charge in [-0.1, -0.05) is 4.49 Å². The molecule has 3 aromatic rings. The molecular formula is C21H23N3O5S. The van der Waals surface area contributed by atoms with Crippen molar-refractivity contribution in [3.63, 3.8) is 0 Å². The van der Waals surface area contributed by atoms with Crippen LogP contribution in [-0.4, -0.2) is 55.9 Å². The smallest absolute Gasteiger partial charge is 0.267 e. The molecule has 0 fully saturated rings. The van der Waals surface area contributed by atoms with Crippen LogP contribution in [0, 0.1) is 0 Å². The highest BCUT2D eigenvalue weighted by Gasteiger charge is 2.22. The van der Waals surface area contributed by atoms with Crippen LogP contribution in [0.2, 0.25) is 0 Å². The zero-order valence-electron chi connectivity index (χ0n) is 17.5. The summed E-state index contributed by atoms with van der Waals surface area (Å²) < 4.78 is 25.3. The maximum absolute atomic E-state index is 13.1. The summed E-state index contributed by atoms with van der Waals surface area (Å²) in [6.45, 7) is 0.343. The van der Waals surface area contributed by atoms with Gasteiger partial charge in [0.2, 0.25) is 5.75 Å². The number of benzene rings is 2.